The molecule has 1 aliphatic heterocycles. The lowest BCUT2D eigenvalue weighted by Gasteiger charge is -2.24. The molecule has 0 radical (unpaired) electrons. The molecule has 0 bridgehead atoms. The fourth-order valence-electron chi connectivity index (χ4n) is 1.61. The van der Waals surface area contributed by atoms with Crippen LogP contribution in [0.15, 0.2) is 0 Å². The third-order valence-electron chi connectivity index (χ3n) is 2.51. The highest BCUT2D eigenvalue weighted by molar-refractivity contribution is 5.89. The van der Waals surface area contributed by atoms with E-state index in [1.54, 1.807) is 13.8 Å². The van der Waals surface area contributed by atoms with Crippen molar-refractivity contribution in [3.05, 3.63) is 0 Å². The van der Waals surface area contributed by atoms with Crippen LogP contribution in [-0.2, 0) is 14.3 Å². The van der Waals surface area contributed by atoms with Crippen molar-refractivity contribution in [2.45, 2.75) is 38.3 Å². The average Bonchev–Trinajstić information content (AvgIpc) is 2.68. The standard InChI is InChI=1S/C10H18N2O3/c1-10(2,9(14)15-3)12-8(13)7-5-4-6-11-7/h7,11H,4-6H2,1-3H3,(H,12,13). The minimum atomic E-state index is -0.962. The van der Waals surface area contributed by atoms with Crippen LogP contribution in [-0.4, -0.2) is 37.1 Å². The van der Waals surface area contributed by atoms with E-state index >= 15 is 0 Å². The zero-order valence-corrected chi connectivity index (χ0v) is 9.42. The maximum Gasteiger partial charge on any atom is 0.330 e. The van der Waals surface area contributed by atoms with Gasteiger partial charge in [0.2, 0.25) is 5.91 Å². The van der Waals surface area contributed by atoms with Crippen LogP contribution in [0.3, 0.4) is 0 Å². The Bertz CT molecular complexity index is 257. The van der Waals surface area contributed by atoms with Crippen molar-refractivity contribution < 1.29 is 14.3 Å². The number of ether oxygens (including phenoxy) is 1. The molecule has 1 fully saturated rings. The van der Waals surface area contributed by atoms with E-state index in [2.05, 4.69) is 15.4 Å². The van der Waals surface area contributed by atoms with Gasteiger partial charge in [-0.25, -0.2) is 4.79 Å². The number of nitrogens with one attached hydrogen (secondary N) is 2. The summed E-state index contributed by atoms with van der Waals surface area (Å²) in [6.45, 7) is 4.12. The van der Waals surface area contributed by atoms with Gasteiger partial charge in [0.15, 0.2) is 0 Å². The molecule has 15 heavy (non-hydrogen) atoms. The highest BCUT2D eigenvalue weighted by atomic mass is 16.5. The second kappa shape index (κ2) is 4.61. The predicted octanol–water partition coefficient (Wildman–Crippen LogP) is -0.194. The van der Waals surface area contributed by atoms with Crippen LogP contribution in [0.5, 0.6) is 0 Å². The maximum absolute atomic E-state index is 11.7. The van der Waals surface area contributed by atoms with Crippen LogP contribution in [0.1, 0.15) is 26.7 Å². The number of rotatable bonds is 3. The summed E-state index contributed by atoms with van der Waals surface area (Å²) in [6, 6.07) is -0.172. The molecule has 1 aliphatic rings. The molecule has 0 aromatic carbocycles. The van der Waals surface area contributed by atoms with Gasteiger partial charge >= 0.3 is 5.97 Å². The lowest BCUT2D eigenvalue weighted by molar-refractivity contribution is -0.149. The number of carbonyl (C=O) groups excluding carboxylic acids is 2. The molecule has 0 aromatic heterocycles. The largest absolute Gasteiger partial charge is 0.467 e. The number of carbonyl (C=O) groups is 2. The minimum absolute atomic E-state index is 0.136. The van der Waals surface area contributed by atoms with Crippen LogP contribution in [0.25, 0.3) is 0 Å². The molecule has 1 unspecified atom stereocenters. The number of amides is 1. The average molecular weight is 214 g/mol. The monoisotopic (exact) mass is 214 g/mol. The van der Waals surface area contributed by atoms with Crippen molar-refractivity contribution in [2.24, 2.45) is 0 Å². The number of hydrogen-bond donors (Lipinski definition) is 2. The fraction of sp³-hybridized carbons (Fsp3) is 0.800. The van der Waals surface area contributed by atoms with Gasteiger partial charge in [0.05, 0.1) is 13.2 Å². The SMILES string of the molecule is COC(=O)C(C)(C)NC(=O)C1CCCN1. The second-order valence-electron chi connectivity index (χ2n) is 4.25. The molecule has 86 valence electrons. The van der Waals surface area contributed by atoms with Crippen molar-refractivity contribution in [3.63, 3.8) is 0 Å². The van der Waals surface area contributed by atoms with E-state index in [0.717, 1.165) is 19.4 Å². The summed E-state index contributed by atoms with van der Waals surface area (Å²) in [5, 5.41) is 5.74. The van der Waals surface area contributed by atoms with E-state index in [4.69, 9.17) is 0 Å². The van der Waals surface area contributed by atoms with Crippen molar-refractivity contribution in [1.29, 1.82) is 0 Å². The van der Waals surface area contributed by atoms with Gasteiger partial charge in [-0.2, -0.15) is 0 Å². The predicted molar refractivity (Wildman–Crippen MR) is 55.3 cm³/mol. The van der Waals surface area contributed by atoms with Crippen molar-refractivity contribution in [2.75, 3.05) is 13.7 Å². The molecule has 1 amide bonds. The molecule has 0 aromatic rings. The summed E-state index contributed by atoms with van der Waals surface area (Å²) < 4.78 is 4.60. The Morgan fingerprint density at radius 1 is 1.47 bits per heavy atom. The molecule has 0 spiro atoms. The Morgan fingerprint density at radius 2 is 2.13 bits per heavy atom. The quantitative estimate of drug-likeness (QED) is 0.639. The number of hydrogen-bond acceptors (Lipinski definition) is 4. The van der Waals surface area contributed by atoms with Crippen LogP contribution >= 0.6 is 0 Å². The third kappa shape index (κ3) is 2.92. The highest BCUT2D eigenvalue weighted by Crippen LogP contribution is 2.09. The van der Waals surface area contributed by atoms with E-state index in [0.29, 0.717) is 0 Å². The molecular weight excluding hydrogens is 196 g/mol. The number of esters is 1. The van der Waals surface area contributed by atoms with E-state index in [1.807, 2.05) is 0 Å². The highest BCUT2D eigenvalue weighted by Gasteiger charge is 2.33. The summed E-state index contributed by atoms with van der Waals surface area (Å²) in [6.07, 6.45) is 1.82. The molecule has 5 heteroatoms. The Labute approximate surface area is 89.6 Å². The minimum Gasteiger partial charge on any atom is -0.467 e. The lowest BCUT2D eigenvalue weighted by Crippen LogP contribution is -2.54. The van der Waals surface area contributed by atoms with Gasteiger partial charge in [0.25, 0.3) is 0 Å². The Morgan fingerprint density at radius 3 is 2.60 bits per heavy atom. The summed E-state index contributed by atoms with van der Waals surface area (Å²) in [5.74, 6) is -0.572. The van der Waals surface area contributed by atoms with Gasteiger partial charge in [-0.3, -0.25) is 4.79 Å². The molecule has 0 aliphatic carbocycles. The maximum atomic E-state index is 11.7. The molecule has 1 saturated heterocycles. The van der Waals surface area contributed by atoms with E-state index < -0.39 is 11.5 Å². The molecule has 1 heterocycles. The molecule has 1 atom stereocenters. The normalized spacial score (nSPS) is 21.1. The van der Waals surface area contributed by atoms with E-state index in [1.165, 1.54) is 7.11 Å². The van der Waals surface area contributed by atoms with Crippen molar-refractivity contribution in [1.82, 2.24) is 10.6 Å². The van der Waals surface area contributed by atoms with E-state index in [-0.39, 0.29) is 11.9 Å². The Kier molecular flexibility index (Phi) is 3.68. The Balaban J connectivity index is 2.52. The zero-order chi connectivity index (χ0) is 11.5. The molecule has 1 rings (SSSR count). The van der Waals surface area contributed by atoms with Gasteiger partial charge in [0, 0.05) is 0 Å². The smallest absolute Gasteiger partial charge is 0.330 e. The summed E-state index contributed by atoms with van der Waals surface area (Å²) in [7, 11) is 1.31. The Hall–Kier alpha value is -1.10. The fourth-order valence-corrected chi connectivity index (χ4v) is 1.61. The summed E-state index contributed by atoms with van der Waals surface area (Å²) in [5.41, 5.74) is -0.962. The topological polar surface area (TPSA) is 67.4 Å². The van der Waals surface area contributed by atoms with Crippen LogP contribution < -0.4 is 10.6 Å². The molecule has 2 N–H and O–H groups in total. The van der Waals surface area contributed by atoms with Gasteiger partial charge in [-0.1, -0.05) is 0 Å². The first-order valence-corrected chi connectivity index (χ1v) is 5.11. The van der Waals surface area contributed by atoms with Crippen molar-refractivity contribution >= 4 is 11.9 Å². The summed E-state index contributed by atoms with van der Waals surface area (Å²) in [4.78, 5) is 23.0. The second-order valence-corrected chi connectivity index (χ2v) is 4.25. The molecule has 0 saturated carbocycles. The van der Waals surface area contributed by atoms with Crippen LogP contribution in [0.4, 0.5) is 0 Å². The van der Waals surface area contributed by atoms with Gasteiger partial charge in [0.1, 0.15) is 5.54 Å². The molecular formula is C10H18N2O3. The van der Waals surface area contributed by atoms with Gasteiger partial charge in [-0.05, 0) is 33.2 Å². The van der Waals surface area contributed by atoms with E-state index in [9.17, 15) is 9.59 Å². The summed E-state index contributed by atoms with van der Waals surface area (Å²) >= 11 is 0. The van der Waals surface area contributed by atoms with Crippen molar-refractivity contribution in [3.8, 4) is 0 Å². The zero-order valence-electron chi connectivity index (χ0n) is 9.42. The first kappa shape index (κ1) is 12.0. The molecule has 5 nitrogen and oxygen atoms in total. The third-order valence-corrected chi connectivity index (χ3v) is 2.51. The number of methoxy groups -OCH3 is 1. The first-order valence-electron chi connectivity index (χ1n) is 5.11. The van der Waals surface area contributed by atoms with Gasteiger partial charge < -0.3 is 15.4 Å². The van der Waals surface area contributed by atoms with Crippen LogP contribution in [0.2, 0.25) is 0 Å². The lowest BCUT2D eigenvalue weighted by atomic mass is 10.1. The van der Waals surface area contributed by atoms with Gasteiger partial charge in [-0.15, -0.1) is 0 Å². The van der Waals surface area contributed by atoms with Crippen LogP contribution in [0, 0.1) is 0 Å². The first-order chi connectivity index (χ1) is 6.97.